The molecule has 1 aliphatic heterocycles. The number of halogens is 1. The summed E-state index contributed by atoms with van der Waals surface area (Å²) in [4.78, 5) is 15.9. The number of fused-ring (bicyclic) bond motifs is 1. The predicted octanol–water partition coefficient (Wildman–Crippen LogP) is 3.16. The minimum absolute atomic E-state index is 0.0347. The van der Waals surface area contributed by atoms with Gasteiger partial charge in [0.2, 0.25) is 9.84 Å². The largest absolute Gasteiger partial charge is 0.478 e. The molecule has 1 aromatic heterocycles. The summed E-state index contributed by atoms with van der Waals surface area (Å²) in [6.45, 7) is 0.915. The third-order valence-corrected chi connectivity index (χ3v) is 7.07. The van der Waals surface area contributed by atoms with Crippen LogP contribution in [0.4, 0.5) is 11.4 Å². The molecule has 3 aromatic rings. The van der Waals surface area contributed by atoms with E-state index in [1.165, 1.54) is 12.1 Å². The topological polar surface area (TPSA) is 118 Å². The second-order valence-corrected chi connectivity index (χ2v) is 9.70. The Kier molecular flexibility index (Phi) is 5.74. The summed E-state index contributed by atoms with van der Waals surface area (Å²) in [5, 5.41) is 15.1. The summed E-state index contributed by atoms with van der Waals surface area (Å²) < 4.78 is 32.4. The summed E-state index contributed by atoms with van der Waals surface area (Å²) in [5.41, 5.74) is 1.32. The summed E-state index contributed by atoms with van der Waals surface area (Å²) in [7, 11) is -3.82. The van der Waals surface area contributed by atoms with Gasteiger partial charge in [0.15, 0.2) is 5.03 Å². The number of anilines is 2. The van der Waals surface area contributed by atoms with Crippen molar-refractivity contribution in [3.63, 3.8) is 0 Å². The first-order chi connectivity index (χ1) is 14.4. The number of carbonyl (C=O) groups is 1. The first kappa shape index (κ1) is 20.7. The van der Waals surface area contributed by atoms with Crippen LogP contribution in [0.1, 0.15) is 10.4 Å². The molecule has 0 aliphatic carbocycles. The molecule has 10 heteroatoms. The molecule has 4 rings (SSSR count). The van der Waals surface area contributed by atoms with Crippen molar-refractivity contribution in [2.24, 2.45) is 0 Å². The van der Waals surface area contributed by atoms with Gasteiger partial charge in [-0.2, -0.15) is 0 Å². The van der Waals surface area contributed by atoms with Crippen LogP contribution in [-0.4, -0.2) is 49.6 Å². The highest BCUT2D eigenvalue weighted by atomic mass is 79.9. The first-order valence-corrected chi connectivity index (χ1v) is 11.4. The van der Waals surface area contributed by atoms with Crippen LogP contribution in [0.25, 0.3) is 10.9 Å². The van der Waals surface area contributed by atoms with Gasteiger partial charge in [0.1, 0.15) is 5.37 Å². The molecule has 2 aromatic carbocycles. The molecule has 0 radical (unpaired) electrons. The van der Waals surface area contributed by atoms with Crippen LogP contribution in [0.2, 0.25) is 0 Å². The van der Waals surface area contributed by atoms with Crippen molar-refractivity contribution in [2.75, 3.05) is 25.1 Å². The maximum Gasteiger partial charge on any atom is 0.337 e. The molecule has 1 saturated heterocycles. The van der Waals surface area contributed by atoms with Crippen molar-refractivity contribution < 1.29 is 23.1 Å². The van der Waals surface area contributed by atoms with Gasteiger partial charge in [-0.25, -0.2) is 18.2 Å². The molecule has 1 aliphatic rings. The number of carboxylic acid groups (broad SMARTS) is 1. The van der Waals surface area contributed by atoms with Crippen LogP contribution in [0.3, 0.4) is 0 Å². The zero-order valence-corrected chi connectivity index (χ0v) is 18.0. The van der Waals surface area contributed by atoms with E-state index in [2.05, 4.69) is 31.5 Å². The highest BCUT2D eigenvalue weighted by Gasteiger charge is 2.31. The van der Waals surface area contributed by atoms with Gasteiger partial charge in [-0.1, -0.05) is 28.1 Å². The van der Waals surface area contributed by atoms with Gasteiger partial charge in [0, 0.05) is 16.4 Å². The molecule has 0 bridgehead atoms. The van der Waals surface area contributed by atoms with E-state index in [9.17, 15) is 18.3 Å². The third kappa shape index (κ3) is 4.04. The molecule has 0 amide bonds. The van der Waals surface area contributed by atoms with E-state index in [4.69, 9.17) is 4.74 Å². The number of carboxylic acids is 1. The lowest BCUT2D eigenvalue weighted by atomic mass is 10.1. The van der Waals surface area contributed by atoms with E-state index in [1.54, 1.807) is 36.4 Å². The van der Waals surface area contributed by atoms with Crippen LogP contribution in [0, 0.1) is 0 Å². The number of aromatic carboxylic acids is 1. The van der Waals surface area contributed by atoms with E-state index < -0.39 is 21.2 Å². The van der Waals surface area contributed by atoms with Crippen LogP contribution < -0.4 is 10.6 Å². The number of morpholine rings is 1. The van der Waals surface area contributed by atoms with E-state index in [0.29, 0.717) is 35.4 Å². The Morgan fingerprint density at radius 2 is 2.00 bits per heavy atom. The first-order valence-electron chi connectivity index (χ1n) is 9.11. The van der Waals surface area contributed by atoms with E-state index in [1.807, 2.05) is 0 Å². The summed E-state index contributed by atoms with van der Waals surface area (Å²) in [5.74, 6) is -1.09. The van der Waals surface area contributed by atoms with Crippen molar-refractivity contribution in [3.8, 4) is 0 Å². The van der Waals surface area contributed by atoms with Gasteiger partial charge >= 0.3 is 5.97 Å². The smallest absolute Gasteiger partial charge is 0.337 e. The molecular formula is C20H18BrN3O5S. The van der Waals surface area contributed by atoms with Crippen LogP contribution in [-0.2, 0) is 14.6 Å². The quantitative estimate of drug-likeness (QED) is 0.498. The van der Waals surface area contributed by atoms with Crippen molar-refractivity contribution in [1.82, 2.24) is 10.3 Å². The van der Waals surface area contributed by atoms with E-state index in [0.717, 1.165) is 4.47 Å². The van der Waals surface area contributed by atoms with Gasteiger partial charge in [-0.3, -0.25) is 5.32 Å². The Hall–Kier alpha value is -2.53. The minimum atomic E-state index is -3.82. The molecule has 156 valence electrons. The Bertz CT molecular complexity index is 1230. The standard InChI is InChI=1S/C20H18BrN3O5S/c21-12-5-6-16-14(9-12)17(23-15-4-2-1-3-13(15)20(25)26)10-18(24-16)30(27,28)19-11-29-8-7-22-19/h1-6,9-10,19,22H,7-8,11H2,(H,23,24)(H,25,26). The summed E-state index contributed by atoms with van der Waals surface area (Å²) in [6.07, 6.45) is 0. The second-order valence-electron chi connectivity index (χ2n) is 6.71. The Balaban J connectivity index is 1.86. The number of hydrogen-bond donors (Lipinski definition) is 3. The molecular weight excluding hydrogens is 474 g/mol. The highest BCUT2D eigenvalue weighted by molar-refractivity contribution is 9.10. The molecule has 1 unspecified atom stereocenters. The van der Waals surface area contributed by atoms with Crippen LogP contribution >= 0.6 is 15.9 Å². The monoisotopic (exact) mass is 491 g/mol. The molecule has 30 heavy (non-hydrogen) atoms. The number of pyridine rings is 1. The Morgan fingerprint density at radius 3 is 2.73 bits per heavy atom. The zero-order valence-electron chi connectivity index (χ0n) is 15.6. The number of para-hydroxylation sites is 1. The van der Waals surface area contributed by atoms with Crippen molar-refractivity contribution in [1.29, 1.82) is 0 Å². The molecule has 0 saturated carbocycles. The maximum absolute atomic E-state index is 13.1. The maximum atomic E-state index is 13.1. The Morgan fingerprint density at radius 1 is 1.20 bits per heavy atom. The number of nitrogens with zero attached hydrogens (tertiary/aromatic N) is 1. The average molecular weight is 492 g/mol. The van der Waals surface area contributed by atoms with Crippen LogP contribution in [0.15, 0.2) is 58.0 Å². The number of sulfone groups is 1. The van der Waals surface area contributed by atoms with Gasteiger partial charge < -0.3 is 15.2 Å². The predicted molar refractivity (Wildman–Crippen MR) is 116 cm³/mol. The van der Waals surface area contributed by atoms with Crippen molar-refractivity contribution in [2.45, 2.75) is 10.4 Å². The van der Waals surface area contributed by atoms with Crippen molar-refractivity contribution in [3.05, 3.63) is 58.6 Å². The number of nitrogens with one attached hydrogen (secondary N) is 2. The average Bonchev–Trinajstić information content (AvgIpc) is 2.74. The SMILES string of the molecule is O=C(O)c1ccccc1Nc1cc(S(=O)(=O)C2COCCN2)nc2ccc(Br)cc12. The molecule has 3 N–H and O–H groups in total. The number of benzene rings is 2. The molecule has 0 spiro atoms. The second kappa shape index (κ2) is 8.31. The lowest BCUT2D eigenvalue weighted by Gasteiger charge is -2.24. The van der Waals surface area contributed by atoms with Crippen LogP contribution in [0.5, 0.6) is 0 Å². The number of aromatic nitrogens is 1. The minimum Gasteiger partial charge on any atom is -0.478 e. The zero-order chi connectivity index (χ0) is 21.3. The lowest BCUT2D eigenvalue weighted by Crippen LogP contribution is -2.46. The summed E-state index contributed by atoms with van der Waals surface area (Å²) >= 11 is 3.42. The number of rotatable bonds is 5. The van der Waals surface area contributed by atoms with E-state index in [-0.39, 0.29) is 17.2 Å². The lowest BCUT2D eigenvalue weighted by molar-refractivity contribution is 0.0698. The fraction of sp³-hybridized carbons (Fsp3) is 0.200. The highest BCUT2D eigenvalue weighted by Crippen LogP contribution is 2.32. The fourth-order valence-electron chi connectivity index (χ4n) is 3.23. The van der Waals surface area contributed by atoms with Gasteiger partial charge in [0.05, 0.1) is 35.7 Å². The molecule has 8 nitrogen and oxygen atoms in total. The molecule has 1 fully saturated rings. The molecule has 2 heterocycles. The number of ether oxygens (including phenoxy) is 1. The van der Waals surface area contributed by atoms with Gasteiger partial charge in [-0.05, 0) is 36.4 Å². The Labute approximate surface area is 181 Å². The normalized spacial score (nSPS) is 17.0. The molecule has 1 atom stereocenters. The van der Waals surface area contributed by atoms with Crippen molar-refractivity contribution >= 4 is 54.0 Å². The third-order valence-electron chi connectivity index (χ3n) is 4.73. The summed E-state index contributed by atoms with van der Waals surface area (Å²) in [6, 6.07) is 13.1. The fourth-order valence-corrected chi connectivity index (χ4v) is 5.01. The van der Waals surface area contributed by atoms with E-state index >= 15 is 0 Å². The van der Waals surface area contributed by atoms with Gasteiger partial charge in [-0.15, -0.1) is 0 Å². The van der Waals surface area contributed by atoms with Gasteiger partial charge in [0.25, 0.3) is 0 Å². The number of hydrogen-bond acceptors (Lipinski definition) is 7.